The Labute approximate surface area is 146 Å². The number of benzene rings is 1. The van der Waals surface area contributed by atoms with Crippen molar-refractivity contribution >= 4 is 11.9 Å². The van der Waals surface area contributed by atoms with Gasteiger partial charge in [-0.05, 0) is 30.5 Å². The molecule has 6 heteroatoms. The molecule has 1 aromatic carbocycles. The molecule has 0 spiro atoms. The van der Waals surface area contributed by atoms with Gasteiger partial charge in [-0.3, -0.25) is 14.8 Å². The fourth-order valence-electron chi connectivity index (χ4n) is 2.58. The van der Waals surface area contributed by atoms with Crippen LogP contribution in [0.1, 0.15) is 29.4 Å². The molecule has 0 aliphatic rings. The van der Waals surface area contributed by atoms with E-state index in [1.54, 1.807) is 6.20 Å². The van der Waals surface area contributed by atoms with Gasteiger partial charge in [-0.25, -0.2) is 9.97 Å². The van der Waals surface area contributed by atoms with Gasteiger partial charge >= 0.3 is 0 Å². The molecule has 2 aromatic heterocycles. The highest BCUT2D eigenvalue weighted by atomic mass is 16.1. The van der Waals surface area contributed by atoms with Gasteiger partial charge in [-0.1, -0.05) is 37.3 Å². The molecule has 25 heavy (non-hydrogen) atoms. The van der Waals surface area contributed by atoms with E-state index in [9.17, 15) is 4.79 Å². The van der Waals surface area contributed by atoms with Crippen molar-refractivity contribution in [1.29, 1.82) is 0 Å². The van der Waals surface area contributed by atoms with Crippen molar-refractivity contribution in [3.05, 3.63) is 71.3 Å². The Bertz CT molecular complexity index is 857. The monoisotopic (exact) mass is 335 g/mol. The average Bonchev–Trinajstić information content (AvgIpc) is 3.01. The summed E-state index contributed by atoms with van der Waals surface area (Å²) in [7, 11) is 0. The zero-order valence-electron chi connectivity index (χ0n) is 14.4. The molecule has 1 amide bonds. The topological polar surface area (TPSA) is 72.7 Å². The number of hydrogen-bond donors (Lipinski definition) is 1. The number of rotatable bonds is 6. The summed E-state index contributed by atoms with van der Waals surface area (Å²) in [5.41, 5.74) is 3.79. The highest BCUT2D eigenvalue weighted by molar-refractivity contribution is 5.90. The maximum atomic E-state index is 12.2. The lowest BCUT2D eigenvalue weighted by Gasteiger charge is -2.05. The number of nitrogens with zero attached hydrogens (tertiary/aromatic N) is 4. The third-order valence-electron chi connectivity index (χ3n) is 3.76. The Kier molecular flexibility index (Phi) is 5.18. The van der Waals surface area contributed by atoms with Gasteiger partial charge in [-0.2, -0.15) is 5.10 Å². The summed E-state index contributed by atoms with van der Waals surface area (Å²) in [4.78, 5) is 20.8. The number of aromatic nitrogens is 4. The normalized spacial score (nSPS) is 10.6. The first-order chi connectivity index (χ1) is 12.1. The maximum Gasteiger partial charge on any atom is 0.231 e. The van der Waals surface area contributed by atoms with Crippen LogP contribution in [0.2, 0.25) is 0 Å². The molecule has 0 unspecified atom stereocenters. The molecule has 1 N–H and O–H groups in total. The van der Waals surface area contributed by atoms with E-state index in [-0.39, 0.29) is 12.3 Å². The lowest BCUT2D eigenvalue weighted by molar-refractivity contribution is -0.115. The minimum Gasteiger partial charge on any atom is -0.294 e. The predicted molar refractivity (Wildman–Crippen MR) is 96.3 cm³/mol. The van der Waals surface area contributed by atoms with E-state index >= 15 is 0 Å². The second-order valence-electron chi connectivity index (χ2n) is 5.93. The van der Waals surface area contributed by atoms with E-state index in [2.05, 4.69) is 32.5 Å². The van der Waals surface area contributed by atoms with E-state index in [4.69, 9.17) is 0 Å². The molecular weight excluding hydrogens is 314 g/mol. The van der Waals surface area contributed by atoms with Crippen molar-refractivity contribution in [2.24, 2.45) is 0 Å². The summed E-state index contributed by atoms with van der Waals surface area (Å²) in [6, 6.07) is 12.0. The molecule has 0 saturated heterocycles. The van der Waals surface area contributed by atoms with Crippen LogP contribution in [0.25, 0.3) is 0 Å². The summed E-state index contributed by atoms with van der Waals surface area (Å²) < 4.78 is 1.83. The van der Waals surface area contributed by atoms with E-state index in [0.29, 0.717) is 12.5 Å². The SMILES string of the molecule is CCc1cc(C)nc(NC(=O)Cc2cnn(Cc3ccccc3)c2)n1. The van der Waals surface area contributed by atoms with Crippen molar-refractivity contribution < 1.29 is 4.79 Å². The number of amides is 1. The van der Waals surface area contributed by atoms with Gasteiger partial charge in [-0.15, -0.1) is 0 Å². The summed E-state index contributed by atoms with van der Waals surface area (Å²) in [5.74, 6) is 0.213. The smallest absolute Gasteiger partial charge is 0.231 e. The number of nitrogens with one attached hydrogen (secondary N) is 1. The molecule has 0 bridgehead atoms. The van der Waals surface area contributed by atoms with Gasteiger partial charge in [0.05, 0.1) is 19.2 Å². The first kappa shape index (κ1) is 16.8. The lowest BCUT2D eigenvalue weighted by Crippen LogP contribution is -2.17. The fraction of sp³-hybridized carbons (Fsp3) is 0.263. The number of hydrogen-bond acceptors (Lipinski definition) is 4. The van der Waals surface area contributed by atoms with Gasteiger partial charge in [0.2, 0.25) is 11.9 Å². The molecule has 0 saturated carbocycles. The molecule has 0 aliphatic carbocycles. The number of anilines is 1. The number of carbonyl (C=O) groups excluding carboxylic acids is 1. The van der Waals surface area contributed by atoms with E-state index in [1.165, 1.54) is 5.56 Å². The Balaban J connectivity index is 1.61. The zero-order chi connectivity index (χ0) is 17.6. The molecule has 3 rings (SSSR count). The molecule has 0 fully saturated rings. The molecule has 6 nitrogen and oxygen atoms in total. The third kappa shape index (κ3) is 4.73. The Morgan fingerprint density at radius 2 is 1.96 bits per heavy atom. The molecular formula is C19H21N5O. The molecule has 0 radical (unpaired) electrons. The predicted octanol–water partition coefficient (Wildman–Crippen LogP) is 2.77. The second kappa shape index (κ2) is 7.70. The van der Waals surface area contributed by atoms with E-state index in [1.807, 2.05) is 49.0 Å². The zero-order valence-corrected chi connectivity index (χ0v) is 14.4. The van der Waals surface area contributed by atoms with Gasteiger partial charge in [0.15, 0.2) is 0 Å². The van der Waals surface area contributed by atoms with Crippen LogP contribution in [0, 0.1) is 6.92 Å². The van der Waals surface area contributed by atoms with Gasteiger partial charge in [0.25, 0.3) is 0 Å². The molecule has 128 valence electrons. The third-order valence-corrected chi connectivity index (χ3v) is 3.76. The van der Waals surface area contributed by atoms with Crippen LogP contribution in [0.3, 0.4) is 0 Å². The highest BCUT2D eigenvalue weighted by Crippen LogP contribution is 2.08. The van der Waals surface area contributed by atoms with Gasteiger partial charge in [0, 0.05) is 17.6 Å². The molecule has 2 heterocycles. The second-order valence-corrected chi connectivity index (χ2v) is 5.93. The lowest BCUT2D eigenvalue weighted by atomic mass is 10.2. The first-order valence-electron chi connectivity index (χ1n) is 8.32. The molecule has 0 aliphatic heterocycles. The van der Waals surface area contributed by atoms with Crippen molar-refractivity contribution in [2.75, 3.05) is 5.32 Å². The molecule has 0 atom stereocenters. The fourth-order valence-corrected chi connectivity index (χ4v) is 2.58. The number of aryl methyl sites for hydroxylation is 2. The van der Waals surface area contributed by atoms with Crippen LogP contribution in [0.4, 0.5) is 5.95 Å². The Morgan fingerprint density at radius 1 is 1.16 bits per heavy atom. The van der Waals surface area contributed by atoms with Crippen molar-refractivity contribution in [1.82, 2.24) is 19.7 Å². The van der Waals surface area contributed by atoms with Crippen molar-refractivity contribution in [3.63, 3.8) is 0 Å². The van der Waals surface area contributed by atoms with Crippen LogP contribution < -0.4 is 5.32 Å². The van der Waals surface area contributed by atoms with Crippen LogP contribution in [-0.4, -0.2) is 25.7 Å². The van der Waals surface area contributed by atoms with Crippen molar-refractivity contribution in [3.8, 4) is 0 Å². The minimum atomic E-state index is -0.146. The average molecular weight is 335 g/mol. The summed E-state index contributed by atoms with van der Waals surface area (Å²) in [6.07, 6.45) is 4.66. The quantitative estimate of drug-likeness (QED) is 0.752. The Hall–Kier alpha value is -3.02. The van der Waals surface area contributed by atoms with Crippen LogP contribution >= 0.6 is 0 Å². The van der Waals surface area contributed by atoms with Crippen molar-refractivity contribution in [2.45, 2.75) is 33.2 Å². The minimum absolute atomic E-state index is 0.146. The highest BCUT2D eigenvalue weighted by Gasteiger charge is 2.09. The Morgan fingerprint density at radius 3 is 2.72 bits per heavy atom. The molecule has 3 aromatic rings. The van der Waals surface area contributed by atoms with Gasteiger partial charge < -0.3 is 0 Å². The first-order valence-corrected chi connectivity index (χ1v) is 8.32. The van der Waals surface area contributed by atoms with Crippen LogP contribution in [0.5, 0.6) is 0 Å². The van der Waals surface area contributed by atoms with Gasteiger partial charge in [0.1, 0.15) is 0 Å². The van der Waals surface area contributed by atoms with E-state index in [0.717, 1.165) is 23.4 Å². The summed E-state index contributed by atoms with van der Waals surface area (Å²) in [6.45, 7) is 4.60. The number of carbonyl (C=O) groups is 1. The largest absolute Gasteiger partial charge is 0.294 e. The standard InChI is InChI=1S/C19H21N5O/c1-3-17-9-14(2)21-19(22-17)23-18(25)10-16-11-20-24(13-16)12-15-7-5-4-6-8-15/h4-9,11,13H,3,10,12H2,1-2H3,(H,21,22,23,25). The maximum absolute atomic E-state index is 12.2. The van der Waals surface area contributed by atoms with Crippen LogP contribution in [0.15, 0.2) is 48.8 Å². The summed E-state index contributed by atoms with van der Waals surface area (Å²) in [5, 5.41) is 7.09. The summed E-state index contributed by atoms with van der Waals surface area (Å²) >= 11 is 0. The van der Waals surface area contributed by atoms with E-state index < -0.39 is 0 Å². The van der Waals surface area contributed by atoms with Crippen LogP contribution in [-0.2, 0) is 24.2 Å².